The number of aromatic nitrogens is 2. The van der Waals surface area contributed by atoms with Crippen LogP contribution in [0.15, 0.2) is 60.4 Å². The van der Waals surface area contributed by atoms with E-state index in [2.05, 4.69) is 10.3 Å². The molecule has 0 saturated carbocycles. The van der Waals surface area contributed by atoms with E-state index in [1.165, 1.54) is 18.5 Å². The van der Waals surface area contributed by atoms with Gasteiger partial charge in [0, 0.05) is 11.8 Å². The highest BCUT2D eigenvalue weighted by Gasteiger charge is 2.30. The molecule has 0 unspecified atom stereocenters. The topological polar surface area (TPSA) is 45.9 Å². The molecular formula is C17H14BrF3N3OS+. The molecule has 1 aromatic carbocycles. The van der Waals surface area contributed by atoms with Gasteiger partial charge in [0.25, 0.3) is 12.2 Å². The summed E-state index contributed by atoms with van der Waals surface area (Å²) in [5.41, 5.74) is 0.0908. The van der Waals surface area contributed by atoms with E-state index in [1.807, 2.05) is 17.5 Å². The van der Waals surface area contributed by atoms with E-state index in [9.17, 15) is 18.0 Å². The lowest BCUT2D eigenvalue weighted by Crippen LogP contribution is -2.40. The van der Waals surface area contributed by atoms with E-state index in [0.29, 0.717) is 0 Å². The minimum atomic E-state index is -4.45. The summed E-state index contributed by atoms with van der Waals surface area (Å²) in [5, 5.41) is 4.40. The predicted octanol–water partition coefficient (Wildman–Crippen LogP) is 4.33. The van der Waals surface area contributed by atoms with Crippen molar-refractivity contribution < 1.29 is 22.5 Å². The van der Waals surface area contributed by atoms with Gasteiger partial charge in [-0.2, -0.15) is 13.2 Å². The largest absolute Gasteiger partial charge is 0.416 e. The third-order valence-electron chi connectivity index (χ3n) is 3.34. The molecular weight excluding hydrogens is 431 g/mol. The Balaban J connectivity index is 0.00000243. The van der Waals surface area contributed by atoms with Crippen LogP contribution in [0, 0.1) is 0 Å². The highest BCUT2D eigenvalue weighted by Crippen LogP contribution is 2.30. The molecule has 0 bridgehead atoms. The normalized spacial score (nSPS) is 10.9. The van der Waals surface area contributed by atoms with Crippen LogP contribution in [0.2, 0.25) is 0 Å². The van der Waals surface area contributed by atoms with Crippen molar-refractivity contribution in [3.05, 3.63) is 65.9 Å². The number of thiophene rings is 1. The average Bonchev–Trinajstić information content (AvgIpc) is 3.09. The van der Waals surface area contributed by atoms with Gasteiger partial charge in [-0.25, -0.2) is 4.57 Å². The molecule has 0 aliphatic rings. The first-order valence-corrected chi connectivity index (χ1v) is 8.16. The Kier molecular flexibility index (Phi) is 6.49. The molecule has 0 aliphatic heterocycles. The van der Waals surface area contributed by atoms with Gasteiger partial charge in [0.15, 0.2) is 12.2 Å². The zero-order chi connectivity index (χ0) is 17.9. The first-order valence-electron chi connectivity index (χ1n) is 7.28. The quantitative estimate of drug-likeness (QED) is 0.608. The lowest BCUT2D eigenvalue weighted by Gasteiger charge is -2.09. The number of hydrogen-bond donors (Lipinski definition) is 1. The summed E-state index contributed by atoms with van der Waals surface area (Å²) in [6.07, 6.45) is -1.23. The maximum Gasteiger partial charge on any atom is 0.416 e. The Labute approximate surface area is 162 Å². The standard InChI is InChI=1S/C17H12F3N3OS.BrH/c18-17(19,20)12-3-1-4-13(9-12)22-16(24)10-23-7-6-14(21-11-23)15-5-2-8-25-15;/h1-9,11H,10H2;1H/p+1. The molecule has 1 amide bonds. The van der Waals surface area contributed by atoms with E-state index in [1.54, 1.807) is 28.2 Å². The van der Waals surface area contributed by atoms with Crippen LogP contribution in [0.25, 0.3) is 10.6 Å². The van der Waals surface area contributed by atoms with E-state index in [0.717, 1.165) is 22.7 Å². The molecule has 0 spiro atoms. The van der Waals surface area contributed by atoms with E-state index in [4.69, 9.17) is 0 Å². The minimum Gasteiger partial charge on any atom is -0.323 e. The molecule has 3 aromatic rings. The number of alkyl halides is 3. The van der Waals surface area contributed by atoms with Gasteiger partial charge in [0.2, 0.25) is 0 Å². The van der Waals surface area contributed by atoms with Crippen LogP contribution in [-0.2, 0) is 17.5 Å². The van der Waals surface area contributed by atoms with Crippen LogP contribution in [0.3, 0.4) is 0 Å². The summed E-state index contributed by atoms with van der Waals surface area (Å²) in [6.45, 7) is -0.0477. The molecule has 4 nitrogen and oxygen atoms in total. The van der Waals surface area contributed by atoms with Gasteiger partial charge in [-0.1, -0.05) is 12.1 Å². The number of nitrogens with zero attached hydrogens (tertiary/aromatic N) is 2. The summed E-state index contributed by atoms with van der Waals surface area (Å²) < 4.78 is 39.6. The molecule has 0 saturated heterocycles. The number of rotatable bonds is 4. The fourth-order valence-electron chi connectivity index (χ4n) is 2.19. The van der Waals surface area contributed by atoms with Gasteiger partial charge in [-0.05, 0) is 34.6 Å². The van der Waals surface area contributed by atoms with Crippen LogP contribution in [0.1, 0.15) is 5.56 Å². The Hall–Kier alpha value is -2.26. The van der Waals surface area contributed by atoms with Gasteiger partial charge >= 0.3 is 6.18 Å². The minimum absolute atomic E-state index is 0. The summed E-state index contributed by atoms with van der Waals surface area (Å²) in [7, 11) is 0. The first kappa shape index (κ1) is 20.1. The number of anilines is 1. The molecule has 26 heavy (non-hydrogen) atoms. The summed E-state index contributed by atoms with van der Waals surface area (Å²) >= 11 is 1.56. The maximum atomic E-state index is 12.7. The smallest absolute Gasteiger partial charge is 0.323 e. The van der Waals surface area contributed by atoms with Gasteiger partial charge < -0.3 is 5.32 Å². The third kappa shape index (κ3) is 5.12. The lowest BCUT2D eigenvalue weighted by molar-refractivity contribution is -0.686. The monoisotopic (exact) mass is 444 g/mol. The molecule has 0 atom stereocenters. The van der Waals surface area contributed by atoms with Crippen LogP contribution < -0.4 is 9.88 Å². The fourth-order valence-corrected chi connectivity index (χ4v) is 2.89. The molecule has 9 heteroatoms. The van der Waals surface area contributed by atoms with Gasteiger partial charge in [0.05, 0.1) is 16.6 Å². The molecule has 1 N–H and O–H groups in total. The van der Waals surface area contributed by atoms with Crippen molar-refractivity contribution >= 4 is 39.9 Å². The number of halogens is 4. The van der Waals surface area contributed by atoms with Crippen molar-refractivity contribution in [2.45, 2.75) is 12.7 Å². The molecule has 0 radical (unpaired) electrons. The Morgan fingerprint density at radius 2 is 2.00 bits per heavy atom. The van der Waals surface area contributed by atoms with Crippen molar-refractivity contribution in [3.63, 3.8) is 0 Å². The van der Waals surface area contributed by atoms with Crippen LogP contribution >= 0.6 is 28.3 Å². The van der Waals surface area contributed by atoms with Crippen LogP contribution in [0.4, 0.5) is 18.9 Å². The van der Waals surface area contributed by atoms with Gasteiger partial charge in [-0.3, -0.25) is 4.79 Å². The van der Waals surface area contributed by atoms with Crippen LogP contribution in [0.5, 0.6) is 0 Å². The van der Waals surface area contributed by atoms with E-state index < -0.39 is 17.6 Å². The molecule has 0 aliphatic carbocycles. The average molecular weight is 445 g/mol. The van der Waals surface area contributed by atoms with Crippen molar-refractivity contribution in [1.29, 1.82) is 0 Å². The predicted molar refractivity (Wildman–Crippen MR) is 98.1 cm³/mol. The molecule has 3 rings (SSSR count). The van der Waals surface area contributed by atoms with E-state index >= 15 is 0 Å². The van der Waals surface area contributed by atoms with Gasteiger partial charge in [0.1, 0.15) is 0 Å². The fraction of sp³-hybridized carbons (Fsp3) is 0.118. The number of carbonyl (C=O) groups excluding carboxylic acids is 1. The Morgan fingerprint density at radius 3 is 2.62 bits per heavy atom. The van der Waals surface area contributed by atoms with Crippen LogP contribution in [-0.4, -0.2) is 10.9 Å². The molecule has 2 heterocycles. The van der Waals surface area contributed by atoms with Crippen molar-refractivity contribution in [1.82, 2.24) is 4.98 Å². The summed E-state index contributed by atoms with van der Waals surface area (Å²) in [4.78, 5) is 17.3. The highest BCUT2D eigenvalue weighted by molar-refractivity contribution is 8.93. The Bertz CT molecular complexity index is 868. The zero-order valence-corrected chi connectivity index (χ0v) is 15.8. The SMILES string of the molecule is Br.O=C(C[n+]1ccc(-c2cccs2)nc1)Nc1cccc(C(F)(F)F)c1. The number of hydrogen-bond acceptors (Lipinski definition) is 3. The number of amides is 1. The lowest BCUT2D eigenvalue weighted by atomic mass is 10.2. The third-order valence-corrected chi connectivity index (χ3v) is 4.23. The summed E-state index contributed by atoms with van der Waals surface area (Å²) in [6, 6.07) is 10.2. The zero-order valence-electron chi connectivity index (χ0n) is 13.2. The van der Waals surface area contributed by atoms with Gasteiger partial charge in [-0.15, -0.1) is 28.3 Å². The van der Waals surface area contributed by atoms with E-state index in [-0.39, 0.29) is 29.2 Å². The number of benzene rings is 1. The molecule has 2 aromatic heterocycles. The second-order valence-electron chi connectivity index (χ2n) is 5.22. The highest BCUT2D eigenvalue weighted by atomic mass is 79.9. The maximum absolute atomic E-state index is 12.7. The first-order chi connectivity index (χ1) is 11.9. The molecule has 136 valence electrons. The molecule has 0 fully saturated rings. The summed E-state index contributed by atoms with van der Waals surface area (Å²) in [5.74, 6) is -0.435. The van der Waals surface area contributed by atoms with Crippen molar-refractivity contribution in [3.8, 4) is 10.6 Å². The number of nitrogens with one attached hydrogen (secondary N) is 1. The van der Waals surface area contributed by atoms with Crippen molar-refractivity contribution in [2.75, 3.05) is 5.32 Å². The second kappa shape index (κ2) is 8.41. The Morgan fingerprint density at radius 1 is 1.19 bits per heavy atom. The second-order valence-corrected chi connectivity index (χ2v) is 6.17. The van der Waals surface area contributed by atoms with Crippen molar-refractivity contribution in [2.24, 2.45) is 0 Å². The number of carbonyl (C=O) groups is 1.